The van der Waals surface area contributed by atoms with Crippen LogP contribution in [0.3, 0.4) is 0 Å². The van der Waals surface area contributed by atoms with E-state index in [1.165, 1.54) is 23.9 Å². The number of carbonyl (C=O) groups excluding carboxylic acids is 2. The quantitative estimate of drug-likeness (QED) is 0.450. The molecule has 0 aliphatic heterocycles. The number of aromatic nitrogens is 3. The Hall–Kier alpha value is -3.88. The van der Waals surface area contributed by atoms with E-state index in [4.69, 9.17) is 4.42 Å². The van der Waals surface area contributed by atoms with Crippen LogP contribution in [-0.4, -0.2) is 26.5 Å². The minimum absolute atomic E-state index is 0.0790. The first-order valence-electron chi connectivity index (χ1n) is 9.44. The number of fused-ring (bicyclic) bond motifs is 1. The van der Waals surface area contributed by atoms with Gasteiger partial charge in [0.15, 0.2) is 17.2 Å². The molecular formula is C22H18F2N4O3. The number of amides is 1. The fourth-order valence-corrected chi connectivity index (χ4v) is 3.34. The first-order chi connectivity index (χ1) is 14.8. The van der Waals surface area contributed by atoms with Crippen molar-refractivity contribution in [3.05, 3.63) is 65.5 Å². The van der Waals surface area contributed by atoms with Gasteiger partial charge in [-0.1, -0.05) is 0 Å². The number of alkyl halides is 2. The summed E-state index contributed by atoms with van der Waals surface area (Å²) >= 11 is 0. The van der Waals surface area contributed by atoms with E-state index in [0.29, 0.717) is 22.7 Å². The van der Waals surface area contributed by atoms with Crippen molar-refractivity contribution in [2.45, 2.75) is 26.8 Å². The molecule has 0 bridgehead atoms. The number of ketones is 1. The van der Waals surface area contributed by atoms with Crippen LogP contribution in [-0.2, 0) is 11.3 Å². The molecule has 158 valence electrons. The Morgan fingerprint density at radius 3 is 2.55 bits per heavy atom. The van der Waals surface area contributed by atoms with Crippen LogP contribution >= 0.6 is 0 Å². The molecular weight excluding hydrogens is 406 g/mol. The number of nitrogens with one attached hydrogen (secondary N) is 1. The summed E-state index contributed by atoms with van der Waals surface area (Å²) in [5, 5.41) is 7.18. The molecule has 1 N–H and O–H groups in total. The summed E-state index contributed by atoms with van der Waals surface area (Å²) in [4.78, 5) is 28.4. The topological polar surface area (TPSA) is 90.0 Å². The molecule has 0 unspecified atom stereocenters. The van der Waals surface area contributed by atoms with Crippen molar-refractivity contribution in [1.82, 2.24) is 14.8 Å². The predicted octanol–water partition coefficient (Wildman–Crippen LogP) is 4.78. The van der Waals surface area contributed by atoms with Crippen LogP contribution in [0.15, 0.2) is 53.1 Å². The highest BCUT2D eigenvalue weighted by molar-refractivity contribution is 5.96. The summed E-state index contributed by atoms with van der Waals surface area (Å²) in [6.45, 7) is 2.82. The maximum Gasteiger partial charge on any atom is 0.264 e. The highest BCUT2D eigenvalue weighted by atomic mass is 19.3. The van der Waals surface area contributed by atoms with Gasteiger partial charge in [-0.15, -0.1) is 0 Å². The molecule has 0 saturated carbocycles. The van der Waals surface area contributed by atoms with Gasteiger partial charge >= 0.3 is 0 Å². The molecule has 0 radical (unpaired) electrons. The van der Waals surface area contributed by atoms with Gasteiger partial charge in [-0.05, 0) is 56.3 Å². The van der Waals surface area contributed by atoms with E-state index in [2.05, 4.69) is 15.4 Å². The van der Waals surface area contributed by atoms with E-state index in [1.807, 2.05) is 0 Å². The summed E-state index contributed by atoms with van der Waals surface area (Å²) < 4.78 is 34.1. The largest absolute Gasteiger partial charge is 0.463 e. The minimum Gasteiger partial charge on any atom is -0.463 e. The Kier molecular flexibility index (Phi) is 5.33. The second-order valence-corrected chi connectivity index (χ2v) is 7.00. The first-order valence-corrected chi connectivity index (χ1v) is 9.44. The number of pyridine rings is 1. The average molecular weight is 424 g/mol. The summed E-state index contributed by atoms with van der Waals surface area (Å²) in [5.74, 6) is -0.155. The van der Waals surface area contributed by atoms with E-state index in [1.54, 1.807) is 43.3 Å². The fraction of sp³-hybridized carbons (Fsp3) is 0.182. The lowest BCUT2D eigenvalue weighted by atomic mass is 10.1. The van der Waals surface area contributed by atoms with Crippen molar-refractivity contribution in [2.75, 3.05) is 5.32 Å². The van der Waals surface area contributed by atoms with Crippen molar-refractivity contribution >= 4 is 28.4 Å². The molecule has 1 aromatic carbocycles. The summed E-state index contributed by atoms with van der Waals surface area (Å²) in [7, 11) is 0. The maximum absolute atomic E-state index is 13.7. The van der Waals surface area contributed by atoms with Crippen LogP contribution in [0.4, 0.5) is 14.5 Å². The zero-order valence-electron chi connectivity index (χ0n) is 16.7. The third kappa shape index (κ3) is 4.07. The Balaban J connectivity index is 1.67. The molecule has 3 heterocycles. The number of halogens is 2. The lowest BCUT2D eigenvalue weighted by Crippen LogP contribution is -2.20. The Labute approximate surface area is 175 Å². The van der Waals surface area contributed by atoms with Gasteiger partial charge in [-0.25, -0.2) is 18.4 Å². The van der Waals surface area contributed by atoms with E-state index in [9.17, 15) is 18.4 Å². The van der Waals surface area contributed by atoms with E-state index >= 15 is 0 Å². The van der Waals surface area contributed by atoms with Gasteiger partial charge in [0, 0.05) is 16.8 Å². The Morgan fingerprint density at radius 1 is 1.19 bits per heavy atom. The predicted molar refractivity (Wildman–Crippen MR) is 110 cm³/mol. The summed E-state index contributed by atoms with van der Waals surface area (Å²) in [6, 6.07) is 11.0. The third-order valence-corrected chi connectivity index (χ3v) is 4.79. The molecule has 4 rings (SSSR count). The van der Waals surface area contributed by atoms with Gasteiger partial charge in [0.25, 0.3) is 6.43 Å². The van der Waals surface area contributed by atoms with E-state index in [0.717, 1.165) is 0 Å². The van der Waals surface area contributed by atoms with Crippen LogP contribution in [0.25, 0.3) is 22.5 Å². The van der Waals surface area contributed by atoms with Crippen molar-refractivity contribution in [2.24, 2.45) is 0 Å². The maximum atomic E-state index is 13.7. The summed E-state index contributed by atoms with van der Waals surface area (Å²) in [6.07, 6.45) is -1.32. The lowest BCUT2D eigenvalue weighted by molar-refractivity contribution is -0.116. The Bertz CT molecular complexity index is 1260. The molecule has 0 atom stereocenters. The van der Waals surface area contributed by atoms with E-state index in [-0.39, 0.29) is 34.6 Å². The van der Waals surface area contributed by atoms with Gasteiger partial charge in [0.1, 0.15) is 12.2 Å². The van der Waals surface area contributed by atoms with E-state index < -0.39 is 12.3 Å². The Morgan fingerprint density at radius 2 is 1.94 bits per heavy atom. The molecule has 0 fully saturated rings. The van der Waals surface area contributed by atoms with Gasteiger partial charge in [-0.2, -0.15) is 5.10 Å². The molecule has 0 aliphatic carbocycles. The van der Waals surface area contributed by atoms with Crippen LogP contribution < -0.4 is 5.32 Å². The number of aryl methyl sites for hydroxylation is 1. The van der Waals surface area contributed by atoms with Crippen molar-refractivity contribution in [1.29, 1.82) is 0 Å². The zero-order chi connectivity index (χ0) is 22.1. The normalized spacial score (nSPS) is 11.3. The molecule has 0 saturated heterocycles. The molecule has 3 aromatic heterocycles. The first kappa shape index (κ1) is 20.4. The second kappa shape index (κ2) is 8.10. The number of rotatable bonds is 6. The van der Waals surface area contributed by atoms with Crippen molar-refractivity contribution < 1.29 is 22.8 Å². The summed E-state index contributed by atoms with van der Waals surface area (Å²) in [5.41, 5.74) is 1.56. The highest BCUT2D eigenvalue weighted by Gasteiger charge is 2.22. The number of nitrogens with zero attached hydrogens (tertiary/aromatic N) is 3. The van der Waals surface area contributed by atoms with Crippen molar-refractivity contribution in [3.63, 3.8) is 0 Å². The smallest absolute Gasteiger partial charge is 0.264 e. The van der Waals surface area contributed by atoms with Crippen LogP contribution in [0.1, 0.15) is 35.0 Å². The van der Waals surface area contributed by atoms with Gasteiger partial charge in [0.05, 0.1) is 17.3 Å². The molecule has 0 spiro atoms. The standard InChI is InChI=1S/C22H18F2N4O3/c1-12-20-16(21(23)24)10-17(18-4-3-9-31-18)26-22(20)28(27-12)11-19(30)25-15-7-5-14(6-8-15)13(2)29/h3-10,21H,11H2,1-2H3,(H,25,30). The number of benzene rings is 1. The minimum atomic E-state index is -2.75. The number of carbonyl (C=O) groups is 2. The van der Waals surface area contributed by atoms with Crippen molar-refractivity contribution in [3.8, 4) is 11.5 Å². The monoisotopic (exact) mass is 424 g/mol. The molecule has 7 nitrogen and oxygen atoms in total. The lowest BCUT2D eigenvalue weighted by Gasteiger charge is -2.08. The van der Waals surface area contributed by atoms with Gasteiger partial charge in [-0.3, -0.25) is 9.59 Å². The van der Waals surface area contributed by atoms with Gasteiger partial charge in [0.2, 0.25) is 5.91 Å². The highest BCUT2D eigenvalue weighted by Crippen LogP contribution is 2.33. The van der Waals surface area contributed by atoms with Crippen LogP contribution in [0.2, 0.25) is 0 Å². The average Bonchev–Trinajstić information content (AvgIpc) is 3.36. The second-order valence-electron chi connectivity index (χ2n) is 7.00. The van der Waals surface area contributed by atoms with Crippen LogP contribution in [0.5, 0.6) is 0 Å². The molecule has 9 heteroatoms. The zero-order valence-corrected chi connectivity index (χ0v) is 16.7. The SMILES string of the molecule is CC(=O)c1ccc(NC(=O)Cn2nc(C)c3c(C(F)F)cc(-c4ccco4)nc32)cc1. The molecule has 1 amide bonds. The molecule has 4 aromatic rings. The number of anilines is 1. The third-order valence-electron chi connectivity index (χ3n) is 4.79. The number of furan rings is 1. The molecule has 31 heavy (non-hydrogen) atoms. The number of hydrogen-bond acceptors (Lipinski definition) is 5. The fourth-order valence-electron chi connectivity index (χ4n) is 3.34. The van der Waals surface area contributed by atoms with Gasteiger partial charge < -0.3 is 9.73 Å². The van der Waals surface area contributed by atoms with Crippen LogP contribution in [0, 0.1) is 6.92 Å². The molecule has 0 aliphatic rings. The number of Topliss-reactive ketones (excluding diaryl/α,β-unsaturated/α-hetero) is 1. The number of hydrogen-bond donors (Lipinski definition) is 1.